The lowest BCUT2D eigenvalue weighted by molar-refractivity contribution is -0.159. The molecule has 0 bridgehead atoms. The molecule has 0 saturated carbocycles. The average molecular weight is 440 g/mol. The molecule has 0 atom stereocenters. The van der Waals surface area contributed by atoms with Gasteiger partial charge in [0, 0.05) is 23.9 Å². The number of aryl methyl sites for hydroxylation is 2. The molecule has 8 heteroatoms. The van der Waals surface area contributed by atoms with Gasteiger partial charge in [0.15, 0.2) is 0 Å². The van der Waals surface area contributed by atoms with Gasteiger partial charge in [-0.25, -0.2) is 9.59 Å². The van der Waals surface area contributed by atoms with Crippen LogP contribution in [-0.4, -0.2) is 36.4 Å². The van der Waals surface area contributed by atoms with Gasteiger partial charge in [-0.2, -0.15) is 0 Å². The van der Waals surface area contributed by atoms with Crippen LogP contribution in [0.1, 0.15) is 16.7 Å². The highest BCUT2D eigenvalue weighted by atomic mass is 79.9. The number of aliphatic carboxylic acids is 2. The SMILES string of the molecule is COc1cc(OC)c(CNc2cc(C)cc(C)c2)cc1Br.O=C(O)C(=O)O. The van der Waals surface area contributed by atoms with Crippen molar-refractivity contribution in [3.8, 4) is 11.5 Å². The fraction of sp³-hybridized carbons (Fsp3) is 0.263. The van der Waals surface area contributed by atoms with Gasteiger partial charge in [0.1, 0.15) is 11.5 Å². The maximum atomic E-state index is 9.10. The van der Waals surface area contributed by atoms with Crippen LogP contribution in [0, 0.1) is 13.8 Å². The van der Waals surface area contributed by atoms with Crippen LogP contribution in [0.25, 0.3) is 0 Å². The van der Waals surface area contributed by atoms with Gasteiger partial charge in [-0.05, 0) is 59.1 Å². The van der Waals surface area contributed by atoms with E-state index in [1.807, 2.05) is 12.1 Å². The molecule has 0 aliphatic rings. The molecular formula is C19H22BrNO6. The number of hydrogen-bond acceptors (Lipinski definition) is 5. The van der Waals surface area contributed by atoms with Crippen LogP contribution in [0.15, 0.2) is 34.8 Å². The van der Waals surface area contributed by atoms with E-state index in [1.54, 1.807) is 14.2 Å². The van der Waals surface area contributed by atoms with Gasteiger partial charge in [-0.1, -0.05) is 6.07 Å². The Hall–Kier alpha value is -2.74. The molecule has 2 rings (SSSR count). The third kappa shape index (κ3) is 7.18. The Kier molecular flexibility index (Phi) is 8.61. The summed E-state index contributed by atoms with van der Waals surface area (Å²) in [5.41, 5.74) is 4.69. The van der Waals surface area contributed by atoms with Crippen molar-refractivity contribution in [1.29, 1.82) is 0 Å². The molecule has 2 aromatic rings. The van der Waals surface area contributed by atoms with E-state index in [4.69, 9.17) is 29.3 Å². The summed E-state index contributed by atoms with van der Waals surface area (Å²) < 4.78 is 11.6. The Bertz CT molecular complexity index is 790. The first-order valence-corrected chi connectivity index (χ1v) is 8.66. The third-order valence-corrected chi connectivity index (χ3v) is 4.06. The monoisotopic (exact) mass is 439 g/mol. The molecule has 0 radical (unpaired) electrons. The second kappa shape index (κ2) is 10.4. The van der Waals surface area contributed by atoms with Crippen molar-refractivity contribution in [3.05, 3.63) is 51.5 Å². The second-order valence-electron chi connectivity index (χ2n) is 5.64. The number of rotatable bonds is 5. The molecule has 2 aromatic carbocycles. The van der Waals surface area contributed by atoms with Crippen molar-refractivity contribution >= 4 is 33.6 Å². The molecule has 0 aliphatic heterocycles. The maximum Gasteiger partial charge on any atom is 0.414 e. The van der Waals surface area contributed by atoms with Gasteiger partial charge in [0.05, 0.1) is 18.7 Å². The van der Waals surface area contributed by atoms with Crippen LogP contribution < -0.4 is 14.8 Å². The molecule has 3 N–H and O–H groups in total. The second-order valence-corrected chi connectivity index (χ2v) is 6.49. The molecule has 0 fully saturated rings. The molecule has 0 aromatic heterocycles. The largest absolute Gasteiger partial charge is 0.496 e. The van der Waals surface area contributed by atoms with Crippen LogP contribution in [0.2, 0.25) is 0 Å². The number of ether oxygens (including phenoxy) is 2. The number of benzene rings is 2. The molecule has 146 valence electrons. The van der Waals surface area contributed by atoms with Gasteiger partial charge < -0.3 is 25.0 Å². The Morgan fingerprint density at radius 2 is 1.44 bits per heavy atom. The molecule has 0 saturated heterocycles. The molecule has 0 unspecified atom stereocenters. The van der Waals surface area contributed by atoms with Crippen LogP contribution in [0.4, 0.5) is 5.69 Å². The first-order valence-electron chi connectivity index (χ1n) is 7.86. The van der Waals surface area contributed by atoms with E-state index >= 15 is 0 Å². The Labute approximate surface area is 166 Å². The summed E-state index contributed by atoms with van der Waals surface area (Å²) in [5, 5.41) is 18.2. The highest BCUT2D eigenvalue weighted by Crippen LogP contribution is 2.33. The van der Waals surface area contributed by atoms with Gasteiger partial charge in [0.25, 0.3) is 0 Å². The van der Waals surface area contributed by atoms with Crippen LogP contribution in [0.5, 0.6) is 11.5 Å². The van der Waals surface area contributed by atoms with E-state index in [2.05, 4.69) is 53.3 Å². The number of carboxylic acid groups (broad SMARTS) is 2. The predicted octanol–water partition coefficient (Wildman–Crippen LogP) is 3.85. The summed E-state index contributed by atoms with van der Waals surface area (Å²) >= 11 is 3.51. The van der Waals surface area contributed by atoms with Crippen molar-refractivity contribution in [1.82, 2.24) is 0 Å². The van der Waals surface area contributed by atoms with E-state index < -0.39 is 11.9 Å². The lowest BCUT2D eigenvalue weighted by atomic mass is 10.1. The van der Waals surface area contributed by atoms with E-state index in [0.29, 0.717) is 6.54 Å². The third-order valence-electron chi connectivity index (χ3n) is 3.44. The lowest BCUT2D eigenvalue weighted by Crippen LogP contribution is -2.09. The van der Waals surface area contributed by atoms with E-state index in [9.17, 15) is 0 Å². The minimum atomic E-state index is -1.82. The summed E-state index contributed by atoms with van der Waals surface area (Å²) in [4.78, 5) is 18.2. The Morgan fingerprint density at radius 3 is 1.89 bits per heavy atom. The summed E-state index contributed by atoms with van der Waals surface area (Å²) in [6.45, 7) is 4.89. The van der Waals surface area contributed by atoms with Crippen LogP contribution in [0.3, 0.4) is 0 Å². The van der Waals surface area contributed by atoms with Crippen LogP contribution in [-0.2, 0) is 16.1 Å². The summed E-state index contributed by atoms with van der Waals surface area (Å²) in [6.07, 6.45) is 0. The fourth-order valence-electron chi connectivity index (χ4n) is 2.33. The number of anilines is 1. The standard InChI is InChI=1S/C17H20BrNO2.C2H2O4/c1-11-5-12(2)7-14(6-11)19-10-13-8-15(18)17(21-4)9-16(13)20-3;3-1(4)2(5)6/h5-9,19H,10H2,1-4H3;(H,3,4)(H,5,6). The number of hydrogen-bond donors (Lipinski definition) is 3. The molecule has 7 nitrogen and oxygen atoms in total. The first-order chi connectivity index (χ1) is 12.7. The normalized spacial score (nSPS) is 9.67. The highest BCUT2D eigenvalue weighted by molar-refractivity contribution is 9.10. The maximum absolute atomic E-state index is 9.10. The first kappa shape index (κ1) is 22.3. The topological polar surface area (TPSA) is 105 Å². The summed E-state index contributed by atoms with van der Waals surface area (Å²) in [6, 6.07) is 10.3. The van der Waals surface area contributed by atoms with Gasteiger partial charge >= 0.3 is 11.9 Å². The number of methoxy groups -OCH3 is 2. The minimum absolute atomic E-state index is 0.689. The van der Waals surface area contributed by atoms with Gasteiger partial charge in [-0.3, -0.25) is 0 Å². The van der Waals surface area contributed by atoms with E-state index in [0.717, 1.165) is 27.2 Å². The smallest absolute Gasteiger partial charge is 0.414 e. The number of carbonyl (C=O) groups is 2. The number of halogens is 1. The average Bonchev–Trinajstić information content (AvgIpc) is 2.59. The molecule has 0 aliphatic carbocycles. The molecule has 0 amide bonds. The molecule has 27 heavy (non-hydrogen) atoms. The van der Waals surface area contributed by atoms with Gasteiger partial charge in [-0.15, -0.1) is 0 Å². The van der Waals surface area contributed by atoms with E-state index in [-0.39, 0.29) is 0 Å². The van der Waals surface area contributed by atoms with Crippen molar-refractivity contribution in [2.45, 2.75) is 20.4 Å². The van der Waals surface area contributed by atoms with Crippen molar-refractivity contribution < 1.29 is 29.3 Å². The zero-order valence-electron chi connectivity index (χ0n) is 15.5. The molecule has 0 heterocycles. The van der Waals surface area contributed by atoms with Crippen LogP contribution >= 0.6 is 15.9 Å². The molecule has 0 spiro atoms. The highest BCUT2D eigenvalue weighted by Gasteiger charge is 2.09. The Morgan fingerprint density at radius 1 is 0.926 bits per heavy atom. The number of nitrogens with one attached hydrogen (secondary N) is 1. The fourth-order valence-corrected chi connectivity index (χ4v) is 2.89. The predicted molar refractivity (Wildman–Crippen MR) is 106 cm³/mol. The lowest BCUT2D eigenvalue weighted by Gasteiger charge is -2.14. The minimum Gasteiger partial charge on any atom is -0.496 e. The zero-order chi connectivity index (χ0) is 20.6. The Balaban J connectivity index is 0.000000527. The van der Waals surface area contributed by atoms with E-state index in [1.165, 1.54) is 11.1 Å². The summed E-state index contributed by atoms with van der Waals surface area (Å²) in [7, 11) is 3.32. The summed E-state index contributed by atoms with van der Waals surface area (Å²) in [5.74, 6) is -2.07. The quantitative estimate of drug-likeness (QED) is 0.607. The van der Waals surface area contributed by atoms with Crippen molar-refractivity contribution in [2.24, 2.45) is 0 Å². The van der Waals surface area contributed by atoms with Crippen molar-refractivity contribution in [2.75, 3.05) is 19.5 Å². The number of carboxylic acids is 2. The van der Waals surface area contributed by atoms with Crippen molar-refractivity contribution in [3.63, 3.8) is 0 Å². The van der Waals surface area contributed by atoms with Gasteiger partial charge in [0.2, 0.25) is 0 Å². The zero-order valence-corrected chi connectivity index (χ0v) is 17.1. The molecular weight excluding hydrogens is 418 g/mol.